The zero-order valence-corrected chi connectivity index (χ0v) is 8.78. The zero-order chi connectivity index (χ0) is 10.0. The lowest BCUT2D eigenvalue weighted by atomic mass is 10.2. The van der Waals surface area contributed by atoms with Gasteiger partial charge in [-0.2, -0.15) is 5.06 Å². The summed E-state index contributed by atoms with van der Waals surface area (Å²) < 4.78 is 0. The number of nitrogens with zero attached hydrogens (tertiary/aromatic N) is 2. The molecule has 1 saturated heterocycles. The van der Waals surface area contributed by atoms with Gasteiger partial charge in [0.15, 0.2) is 6.10 Å². The first-order valence-electron chi connectivity index (χ1n) is 4.67. The topological polar surface area (TPSA) is 32.8 Å². The summed E-state index contributed by atoms with van der Waals surface area (Å²) in [7, 11) is 3.51. The largest absolute Gasteiger partial charge is 0.346 e. The lowest BCUT2D eigenvalue weighted by Gasteiger charge is -2.20. The van der Waals surface area contributed by atoms with E-state index >= 15 is 0 Å². The molecule has 1 aliphatic heterocycles. The maximum atomic E-state index is 11.5. The van der Waals surface area contributed by atoms with E-state index in [-0.39, 0.29) is 12.0 Å². The monoisotopic (exact) mass is 186 g/mol. The van der Waals surface area contributed by atoms with E-state index in [1.165, 1.54) is 0 Å². The number of carbonyl (C=O) groups is 1. The Morgan fingerprint density at radius 1 is 1.54 bits per heavy atom. The first-order chi connectivity index (χ1) is 6.02. The Hall–Kier alpha value is -0.610. The normalized spacial score (nSPS) is 23.9. The summed E-state index contributed by atoms with van der Waals surface area (Å²) in [6, 6.07) is 0.347. The molecule has 1 rings (SSSR count). The van der Waals surface area contributed by atoms with Gasteiger partial charge in [0.2, 0.25) is 0 Å². The van der Waals surface area contributed by atoms with Gasteiger partial charge < -0.3 is 4.90 Å². The molecule has 76 valence electrons. The summed E-state index contributed by atoms with van der Waals surface area (Å²) >= 11 is 0. The highest BCUT2D eigenvalue weighted by atomic mass is 16.7. The fraction of sp³-hybridized carbons (Fsp3) is 0.889. The summed E-state index contributed by atoms with van der Waals surface area (Å²) in [5.41, 5.74) is 0. The van der Waals surface area contributed by atoms with Crippen molar-refractivity contribution in [3.8, 4) is 0 Å². The van der Waals surface area contributed by atoms with E-state index in [2.05, 4.69) is 13.8 Å². The molecule has 1 heterocycles. The quantitative estimate of drug-likeness (QED) is 0.629. The van der Waals surface area contributed by atoms with Crippen molar-refractivity contribution in [1.82, 2.24) is 9.96 Å². The van der Waals surface area contributed by atoms with Gasteiger partial charge >= 0.3 is 0 Å². The summed E-state index contributed by atoms with van der Waals surface area (Å²) in [5, 5.41) is 1.87. The predicted octanol–water partition coefficient (Wildman–Crippen LogP) is 0.489. The molecule has 1 aliphatic rings. The summed E-state index contributed by atoms with van der Waals surface area (Å²) in [6.45, 7) is 4.97. The fourth-order valence-electron chi connectivity index (χ4n) is 1.35. The molecule has 13 heavy (non-hydrogen) atoms. The second kappa shape index (κ2) is 4.07. The van der Waals surface area contributed by atoms with Crippen LogP contribution in [-0.4, -0.2) is 48.7 Å². The molecule has 4 heteroatoms. The number of hydroxylamine groups is 2. The van der Waals surface area contributed by atoms with Gasteiger partial charge in [0.1, 0.15) is 0 Å². The molecule has 0 aromatic heterocycles. The van der Waals surface area contributed by atoms with Gasteiger partial charge in [-0.1, -0.05) is 0 Å². The number of hydrogen-bond donors (Lipinski definition) is 0. The highest BCUT2D eigenvalue weighted by molar-refractivity contribution is 5.80. The van der Waals surface area contributed by atoms with Crippen LogP contribution < -0.4 is 0 Å². The molecule has 0 saturated carbocycles. The molecular weight excluding hydrogens is 168 g/mol. The van der Waals surface area contributed by atoms with E-state index in [9.17, 15) is 4.79 Å². The van der Waals surface area contributed by atoms with Crippen molar-refractivity contribution in [3.05, 3.63) is 0 Å². The Bertz CT molecular complexity index is 192. The number of carbonyl (C=O) groups excluding carboxylic acids is 1. The van der Waals surface area contributed by atoms with Crippen molar-refractivity contribution in [1.29, 1.82) is 0 Å². The SMILES string of the molecule is CC(C)N1CCC(C(=O)N(C)C)O1. The molecule has 1 atom stereocenters. The molecule has 4 nitrogen and oxygen atoms in total. The first-order valence-corrected chi connectivity index (χ1v) is 4.67. The molecule has 1 amide bonds. The Balaban J connectivity index is 2.45. The Morgan fingerprint density at radius 3 is 2.54 bits per heavy atom. The predicted molar refractivity (Wildman–Crippen MR) is 50.0 cm³/mol. The number of likely N-dealkylation sites (N-methyl/N-ethyl adjacent to an activating group) is 1. The third kappa shape index (κ3) is 2.42. The van der Waals surface area contributed by atoms with Gasteiger partial charge in [-0.15, -0.1) is 0 Å². The van der Waals surface area contributed by atoms with Crippen molar-refractivity contribution in [2.24, 2.45) is 0 Å². The van der Waals surface area contributed by atoms with Crippen LogP contribution >= 0.6 is 0 Å². The van der Waals surface area contributed by atoms with Crippen LogP contribution in [0.5, 0.6) is 0 Å². The molecule has 0 N–H and O–H groups in total. The van der Waals surface area contributed by atoms with E-state index in [0.717, 1.165) is 13.0 Å². The number of amides is 1. The van der Waals surface area contributed by atoms with Gasteiger partial charge in [-0.25, -0.2) is 0 Å². The molecule has 0 aromatic carbocycles. The minimum absolute atomic E-state index is 0.0585. The third-order valence-electron chi connectivity index (χ3n) is 2.17. The van der Waals surface area contributed by atoms with Crippen LogP contribution in [0, 0.1) is 0 Å². The Kier molecular flexibility index (Phi) is 3.27. The molecule has 0 radical (unpaired) electrons. The summed E-state index contributed by atoms with van der Waals surface area (Å²) in [6.07, 6.45) is 0.534. The zero-order valence-electron chi connectivity index (χ0n) is 8.78. The molecule has 0 aliphatic carbocycles. The summed E-state index contributed by atoms with van der Waals surface area (Å²) in [5.74, 6) is 0.0585. The van der Waals surface area contributed by atoms with Crippen LogP contribution in [0.15, 0.2) is 0 Å². The maximum Gasteiger partial charge on any atom is 0.253 e. The smallest absolute Gasteiger partial charge is 0.253 e. The number of hydrogen-bond acceptors (Lipinski definition) is 3. The van der Waals surface area contributed by atoms with E-state index in [1.807, 2.05) is 5.06 Å². The standard InChI is InChI=1S/C9H18N2O2/c1-7(2)11-6-5-8(13-11)9(12)10(3)4/h7-8H,5-6H2,1-4H3. The van der Waals surface area contributed by atoms with E-state index in [0.29, 0.717) is 6.04 Å². The van der Waals surface area contributed by atoms with Crippen molar-refractivity contribution in [2.75, 3.05) is 20.6 Å². The highest BCUT2D eigenvalue weighted by Crippen LogP contribution is 2.17. The van der Waals surface area contributed by atoms with Gasteiger partial charge in [-0.3, -0.25) is 9.63 Å². The second-order valence-corrected chi connectivity index (χ2v) is 3.85. The minimum Gasteiger partial charge on any atom is -0.346 e. The van der Waals surface area contributed by atoms with Crippen molar-refractivity contribution < 1.29 is 9.63 Å². The van der Waals surface area contributed by atoms with Crippen LogP contribution in [0.1, 0.15) is 20.3 Å². The first kappa shape index (κ1) is 10.5. The molecule has 0 spiro atoms. The summed E-state index contributed by atoms with van der Waals surface area (Å²) in [4.78, 5) is 18.6. The van der Waals surface area contributed by atoms with Crippen molar-refractivity contribution in [2.45, 2.75) is 32.4 Å². The molecule has 0 aromatic rings. The van der Waals surface area contributed by atoms with E-state index in [4.69, 9.17) is 4.84 Å². The molecule has 0 bridgehead atoms. The average Bonchev–Trinajstić information content (AvgIpc) is 2.50. The molecular formula is C9H18N2O2. The third-order valence-corrected chi connectivity index (χ3v) is 2.17. The van der Waals surface area contributed by atoms with Crippen LogP contribution in [0.3, 0.4) is 0 Å². The van der Waals surface area contributed by atoms with Gasteiger partial charge in [0.25, 0.3) is 5.91 Å². The lowest BCUT2D eigenvalue weighted by molar-refractivity contribution is -0.180. The molecule has 1 fully saturated rings. The Labute approximate surface area is 79.4 Å². The van der Waals surface area contributed by atoms with E-state index < -0.39 is 0 Å². The van der Waals surface area contributed by atoms with Crippen LogP contribution in [-0.2, 0) is 9.63 Å². The Morgan fingerprint density at radius 2 is 2.15 bits per heavy atom. The molecule has 1 unspecified atom stereocenters. The van der Waals surface area contributed by atoms with Crippen LogP contribution in [0.2, 0.25) is 0 Å². The fourth-order valence-corrected chi connectivity index (χ4v) is 1.35. The maximum absolute atomic E-state index is 11.5. The number of rotatable bonds is 2. The van der Waals surface area contributed by atoms with Crippen LogP contribution in [0.25, 0.3) is 0 Å². The second-order valence-electron chi connectivity index (χ2n) is 3.85. The van der Waals surface area contributed by atoms with Gasteiger partial charge in [0.05, 0.1) is 0 Å². The van der Waals surface area contributed by atoms with Crippen molar-refractivity contribution >= 4 is 5.91 Å². The lowest BCUT2D eigenvalue weighted by Crippen LogP contribution is -2.35. The van der Waals surface area contributed by atoms with E-state index in [1.54, 1.807) is 19.0 Å². The highest BCUT2D eigenvalue weighted by Gasteiger charge is 2.31. The average molecular weight is 186 g/mol. The van der Waals surface area contributed by atoms with Gasteiger partial charge in [0, 0.05) is 26.7 Å². The van der Waals surface area contributed by atoms with Crippen LogP contribution in [0.4, 0.5) is 0 Å². The minimum atomic E-state index is -0.266. The van der Waals surface area contributed by atoms with Gasteiger partial charge in [-0.05, 0) is 20.3 Å². The van der Waals surface area contributed by atoms with Crippen molar-refractivity contribution in [3.63, 3.8) is 0 Å².